The van der Waals surface area contributed by atoms with Crippen LogP contribution in [0.1, 0.15) is 20.3 Å². The Morgan fingerprint density at radius 3 is 1.62 bits per heavy atom. The van der Waals surface area contributed by atoms with Crippen LogP contribution in [-0.2, 0) is 9.59 Å². The molecule has 0 aromatic heterocycles. The normalized spacial score (nSPS) is 15.9. The van der Waals surface area contributed by atoms with Gasteiger partial charge in [-0.25, -0.2) is 0 Å². The fourth-order valence-electron chi connectivity index (χ4n) is 1.67. The number of carbonyl (C=O) groups excluding carboxylic acids is 2. The molecule has 1 aliphatic heterocycles. The minimum Gasteiger partial charge on any atom is -0.321 e. The molecule has 0 N–H and O–H groups in total. The van der Waals surface area contributed by atoms with Gasteiger partial charge in [0.15, 0.2) is 0 Å². The molecule has 0 radical (unpaired) electrons. The average molecular weight is 222 g/mol. The maximum Gasteiger partial charge on any atom is 0.250 e. The lowest BCUT2D eigenvalue weighted by Gasteiger charge is -2.35. The van der Waals surface area contributed by atoms with Gasteiger partial charge in [-0.15, -0.1) is 0 Å². The third kappa shape index (κ3) is 2.72. The van der Waals surface area contributed by atoms with Crippen molar-refractivity contribution in [3.63, 3.8) is 0 Å². The van der Waals surface area contributed by atoms with Crippen LogP contribution in [0.2, 0.25) is 0 Å². The first kappa shape index (κ1) is 12.5. The second-order valence-corrected chi connectivity index (χ2v) is 4.19. The van der Waals surface area contributed by atoms with E-state index in [1.54, 1.807) is 23.6 Å². The number of amides is 2. The lowest BCUT2D eigenvalue weighted by molar-refractivity contribution is -0.138. The zero-order chi connectivity index (χ0) is 12.3. The van der Waals surface area contributed by atoms with Crippen molar-refractivity contribution >= 4 is 11.8 Å². The van der Waals surface area contributed by atoms with Crippen molar-refractivity contribution in [2.45, 2.75) is 20.3 Å². The molecule has 1 saturated heterocycles. The maximum atomic E-state index is 11.7. The Bertz CT molecular complexity index is 315. The van der Waals surface area contributed by atoms with E-state index in [-0.39, 0.29) is 11.8 Å². The molecule has 0 aromatic carbocycles. The second kappa shape index (κ2) is 4.96. The van der Waals surface area contributed by atoms with Gasteiger partial charge in [0.25, 0.3) is 0 Å². The summed E-state index contributed by atoms with van der Waals surface area (Å²) in [5.74, 6) is -0.168. The van der Waals surface area contributed by atoms with Gasteiger partial charge in [0, 0.05) is 24.2 Å². The predicted octanol–water partition coefficient (Wildman–Crippen LogP) is 1.16. The van der Waals surface area contributed by atoms with Gasteiger partial charge in [0.2, 0.25) is 11.8 Å². The number of nitrogens with zero attached hydrogens (tertiary/aromatic N) is 2. The van der Waals surface area contributed by atoms with Crippen LogP contribution in [0.25, 0.3) is 0 Å². The quantitative estimate of drug-likeness (QED) is 0.658. The lowest BCUT2D eigenvalue weighted by Crippen LogP contribution is -2.50. The molecular formula is C12H18N2O2. The van der Waals surface area contributed by atoms with Gasteiger partial charge in [0.05, 0.1) is 6.67 Å². The smallest absolute Gasteiger partial charge is 0.250 e. The fourth-order valence-corrected chi connectivity index (χ4v) is 1.67. The Kier molecular flexibility index (Phi) is 3.88. The summed E-state index contributed by atoms with van der Waals surface area (Å²) in [6.45, 7) is 12.3. The Balaban J connectivity index is 2.67. The molecule has 1 heterocycles. The average Bonchev–Trinajstić information content (AvgIpc) is 2.26. The lowest BCUT2D eigenvalue weighted by atomic mass is 10.2. The van der Waals surface area contributed by atoms with Gasteiger partial charge >= 0.3 is 0 Å². The topological polar surface area (TPSA) is 40.6 Å². The Labute approximate surface area is 96.2 Å². The monoisotopic (exact) mass is 222 g/mol. The van der Waals surface area contributed by atoms with Crippen LogP contribution in [0.3, 0.4) is 0 Å². The van der Waals surface area contributed by atoms with E-state index in [0.717, 1.165) is 6.42 Å². The van der Waals surface area contributed by atoms with Crippen molar-refractivity contribution in [3.8, 4) is 0 Å². The standard InChI is InChI=1S/C12H18N2O2/c1-9(2)11(15)13-6-5-7-14(8-13)12(16)10(3)4/h1,3,5-8H2,2,4H3. The molecule has 88 valence electrons. The minimum atomic E-state index is -0.0841. The SMILES string of the molecule is C=C(C)C(=O)N1CCCN(C(=O)C(=C)C)C1. The van der Waals surface area contributed by atoms with Crippen molar-refractivity contribution in [2.75, 3.05) is 19.8 Å². The molecule has 0 bridgehead atoms. The first-order valence-corrected chi connectivity index (χ1v) is 5.33. The Hall–Kier alpha value is -1.58. The molecule has 0 unspecified atom stereocenters. The summed E-state index contributed by atoms with van der Waals surface area (Å²) in [6.07, 6.45) is 0.804. The fraction of sp³-hybridized carbons (Fsp3) is 0.500. The molecule has 0 aromatic rings. The van der Waals surface area contributed by atoms with Crippen LogP contribution in [0, 0.1) is 0 Å². The molecule has 1 aliphatic rings. The van der Waals surface area contributed by atoms with E-state index in [0.29, 0.717) is 30.9 Å². The van der Waals surface area contributed by atoms with Crippen LogP contribution in [0.4, 0.5) is 0 Å². The van der Waals surface area contributed by atoms with Crippen LogP contribution in [-0.4, -0.2) is 41.4 Å². The maximum absolute atomic E-state index is 11.7. The summed E-state index contributed by atoms with van der Waals surface area (Å²) in [5.41, 5.74) is 1.01. The molecule has 4 nitrogen and oxygen atoms in total. The highest BCUT2D eigenvalue weighted by Gasteiger charge is 2.25. The summed E-state index contributed by atoms with van der Waals surface area (Å²) in [7, 11) is 0. The first-order valence-electron chi connectivity index (χ1n) is 5.33. The highest BCUT2D eigenvalue weighted by molar-refractivity contribution is 5.94. The zero-order valence-electron chi connectivity index (χ0n) is 9.95. The van der Waals surface area contributed by atoms with Crippen LogP contribution >= 0.6 is 0 Å². The van der Waals surface area contributed by atoms with E-state index in [1.807, 2.05) is 0 Å². The van der Waals surface area contributed by atoms with Gasteiger partial charge in [-0.3, -0.25) is 9.59 Å². The van der Waals surface area contributed by atoms with Gasteiger partial charge in [-0.2, -0.15) is 0 Å². The number of carbonyl (C=O) groups is 2. The predicted molar refractivity (Wildman–Crippen MR) is 62.5 cm³/mol. The van der Waals surface area contributed by atoms with Gasteiger partial charge < -0.3 is 9.80 Å². The summed E-state index contributed by atoms with van der Waals surface area (Å²) in [4.78, 5) is 26.7. The molecule has 4 heteroatoms. The number of hydrogen-bond acceptors (Lipinski definition) is 2. The number of rotatable bonds is 2. The summed E-state index contributed by atoms with van der Waals surface area (Å²) >= 11 is 0. The number of hydrogen-bond donors (Lipinski definition) is 0. The van der Waals surface area contributed by atoms with E-state index in [4.69, 9.17) is 0 Å². The summed E-state index contributed by atoms with van der Waals surface area (Å²) in [6, 6.07) is 0. The Morgan fingerprint density at radius 1 is 0.938 bits per heavy atom. The van der Waals surface area contributed by atoms with Crippen molar-refractivity contribution < 1.29 is 9.59 Å². The molecular weight excluding hydrogens is 204 g/mol. The van der Waals surface area contributed by atoms with Crippen molar-refractivity contribution in [2.24, 2.45) is 0 Å². The summed E-state index contributed by atoms with van der Waals surface area (Å²) < 4.78 is 0. The molecule has 16 heavy (non-hydrogen) atoms. The summed E-state index contributed by atoms with van der Waals surface area (Å²) in [5, 5.41) is 0. The van der Waals surface area contributed by atoms with Gasteiger partial charge in [0.1, 0.15) is 0 Å². The molecule has 0 atom stereocenters. The van der Waals surface area contributed by atoms with Crippen LogP contribution in [0.5, 0.6) is 0 Å². The second-order valence-electron chi connectivity index (χ2n) is 4.19. The van der Waals surface area contributed by atoms with E-state index >= 15 is 0 Å². The molecule has 0 spiro atoms. The van der Waals surface area contributed by atoms with Crippen LogP contribution in [0.15, 0.2) is 24.3 Å². The van der Waals surface area contributed by atoms with Crippen molar-refractivity contribution in [1.29, 1.82) is 0 Å². The third-order valence-corrected chi connectivity index (χ3v) is 2.50. The Morgan fingerprint density at radius 2 is 1.31 bits per heavy atom. The van der Waals surface area contributed by atoms with E-state index in [1.165, 1.54) is 0 Å². The molecule has 1 rings (SSSR count). The molecule has 0 saturated carbocycles. The zero-order valence-corrected chi connectivity index (χ0v) is 9.95. The van der Waals surface area contributed by atoms with E-state index in [9.17, 15) is 9.59 Å². The van der Waals surface area contributed by atoms with Crippen molar-refractivity contribution in [1.82, 2.24) is 9.80 Å². The van der Waals surface area contributed by atoms with Crippen LogP contribution < -0.4 is 0 Å². The third-order valence-electron chi connectivity index (χ3n) is 2.50. The van der Waals surface area contributed by atoms with E-state index < -0.39 is 0 Å². The first-order chi connectivity index (χ1) is 7.43. The molecule has 2 amide bonds. The van der Waals surface area contributed by atoms with Gasteiger partial charge in [-0.1, -0.05) is 13.2 Å². The minimum absolute atomic E-state index is 0.0841. The van der Waals surface area contributed by atoms with Gasteiger partial charge in [-0.05, 0) is 20.3 Å². The molecule has 0 aliphatic carbocycles. The van der Waals surface area contributed by atoms with E-state index in [2.05, 4.69) is 13.2 Å². The largest absolute Gasteiger partial charge is 0.321 e. The highest BCUT2D eigenvalue weighted by Crippen LogP contribution is 2.11. The highest BCUT2D eigenvalue weighted by atomic mass is 16.2. The van der Waals surface area contributed by atoms with Crippen molar-refractivity contribution in [3.05, 3.63) is 24.3 Å². The molecule has 1 fully saturated rings.